The van der Waals surface area contributed by atoms with Crippen LogP contribution in [0.3, 0.4) is 0 Å². The maximum Gasteiger partial charge on any atom is 0.258 e. The maximum absolute atomic E-state index is 12.2. The molecule has 1 amide bonds. The van der Waals surface area contributed by atoms with Crippen molar-refractivity contribution in [1.29, 1.82) is 0 Å². The number of anilines is 1. The summed E-state index contributed by atoms with van der Waals surface area (Å²) in [4.78, 5) is 20.3. The van der Waals surface area contributed by atoms with Crippen LogP contribution in [0.5, 0.6) is 0 Å². The van der Waals surface area contributed by atoms with Crippen LogP contribution in [0.1, 0.15) is 10.4 Å². The Morgan fingerprint density at radius 3 is 2.81 bits per heavy atom. The molecule has 3 rings (SSSR count). The van der Waals surface area contributed by atoms with Crippen molar-refractivity contribution in [2.45, 2.75) is 0 Å². The van der Waals surface area contributed by atoms with Gasteiger partial charge in [-0.1, -0.05) is 23.7 Å². The van der Waals surface area contributed by atoms with Gasteiger partial charge in [0, 0.05) is 29.0 Å². The van der Waals surface area contributed by atoms with Crippen LogP contribution in [0.4, 0.5) is 5.69 Å². The monoisotopic (exact) mass is 315 g/mol. The number of rotatable bonds is 3. The Morgan fingerprint density at radius 2 is 2.05 bits per heavy atom. The first kappa shape index (κ1) is 13.7. The number of nitrogens with zero attached hydrogens (tertiary/aromatic N) is 2. The number of hydrogen-bond acceptors (Lipinski definition) is 4. The minimum atomic E-state index is -0.288. The Balaban J connectivity index is 1.84. The van der Waals surface area contributed by atoms with Crippen molar-refractivity contribution >= 4 is 34.5 Å². The number of carbonyl (C=O) groups is 1. The molecule has 0 atom stereocenters. The fraction of sp³-hybridized carbons (Fsp3) is 0. The number of halogens is 1. The lowest BCUT2D eigenvalue weighted by atomic mass is 10.2. The summed E-state index contributed by atoms with van der Waals surface area (Å²) in [7, 11) is 0. The van der Waals surface area contributed by atoms with Gasteiger partial charge in [-0.2, -0.15) is 0 Å². The molecule has 6 heteroatoms. The number of aromatic nitrogens is 2. The van der Waals surface area contributed by atoms with Gasteiger partial charge in [-0.25, -0.2) is 9.97 Å². The lowest BCUT2D eigenvalue weighted by molar-refractivity contribution is 0.102. The van der Waals surface area contributed by atoms with Crippen LogP contribution < -0.4 is 5.32 Å². The van der Waals surface area contributed by atoms with Gasteiger partial charge < -0.3 is 5.32 Å². The van der Waals surface area contributed by atoms with Crippen LogP contribution in [-0.2, 0) is 0 Å². The van der Waals surface area contributed by atoms with E-state index in [0.29, 0.717) is 11.3 Å². The lowest BCUT2D eigenvalue weighted by Crippen LogP contribution is -2.12. The number of amides is 1. The quantitative estimate of drug-likeness (QED) is 0.740. The summed E-state index contributed by atoms with van der Waals surface area (Å²) in [6, 6.07) is 10.8. The molecule has 4 nitrogen and oxygen atoms in total. The first-order chi connectivity index (χ1) is 10.2. The van der Waals surface area contributed by atoms with E-state index in [1.807, 2.05) is 29.6 Å². The van der Waals surface area contributed by atoms with Gasteiger partial charge in [-0.3, -0.25) is 4.79 Å². The molecule has 1 N–H and O–H groups in total. The summed E-state index contributed by atoms with van der Waals surface area (Å²) >= 11 is 7.47. The topological polar surface area (TPSA) is 54.9 Å². The summed E-state index contributed by atoms with van der Waals surface area (Å²) in [5.41, 5.74) is 1.99. The molecule has 0 saturated heterocycles. The van der Waals surface area contributed by atoms with E-state index in [-0.39, 0.29) is 11.1 Å². The normalized spacial score (nSPS) is 10.3. The molecule has 0 fully saturated rings. The van der Waals surface area contributed by atoms with Crippen LogP contribution in [0.15, 0.2) is 54.2 Å². The highest BCUT2D eigenvalue weighted by Crippen LogP contribution is 2.25. The second-order valence-electron chi connectivity index (χ2n) is 4.21. The molecular weight excluding hydrogens is 306 g/mol. The van der Waals surface area contributed by atoms with Crippen molar-refractivity contribution in [1.82, 2.24) is 9.97 Å². The third-order valence-corrected chi connectivity index (χ3v) is 3.93. The highest BCUT2D eigenvalue weighted by atomic mass is 35.5. The van der Waals surface area contributed by atoms with Crippen LogP contribution in [0.2, 0.25) is 5.15 Å². The van der Waals surface area contributed by atoms with Gasteiger partial charge in [0.15, 0.2) is 0 Å². The van der Waals surface area contributed by atoms with E-state index in [1.54, 1.807) is 35.9 Å². The van der Waals surface area contributed by atoms with Gasteiger partial charge in [0.25, 0.3) is 5.91 Å². The molecule has 21 heavy (non-hydrogen) atoms. The lowest BCUT2D eigenvalue weighted by Gasteiger charge is -2.07. The number of carbonyl (C=O) groups excluding carboxylic acids is 1. The summed E-state index contributed by atoms with van der Waals surface area (Å²) in [5, 5.41) is 5.82. The first-order valence-electron chi connectivity index (χ1n) is 6.16. The van der Waals surface area contributed by atoms with Crippen LogP contribution in [0.25, 0.3) is 10.6 Å². The van der Waals surface area contributed by atoms with E-state index in [0.717, 1.165) is 10.6 Å². The zero-order chi connectivity index (χ0) is 14.7. The first-order valence-corrected chi connectivity index (χ1v) is 7.41. The maximum atomic E-state index is 12.2. The minimum Gasteiger partial charge on any atom is -0.322 e. The molecule has 0 unspecified atom stereocenters. The molecule has 0 saturated carbocycles. The Hall–Kier alpha value is -2.24. The zero-order valence-electron chi connectivity index (χ0n) is 10.8. The number of pyridine rings is 1. The van der Waals surface area contributed by atoms with E-state index in [9.17, 15) is 4.79 Å². The largest absolute Gasteiger partial charge is 0.322 e. The molecule has 104 valence electrons. The highest BCUT2D eigenvalue weighted by Gasteiger charge is 2.11. The van der Waals surface area contributed by atoms with Gasteiger partial charge in [0.2, 0.25) is 0 Å². The molecule has 0 aliphatic heterocycles. The molecule has 0 radical (unpaired) electrons. The molecule has 0 bridgehead atoms. The number of hydrogen-bond donors (Lipinski definition) is 1. The van der Waals surface area contributed by atoms with E-state index in [1.165, 1.54) is 0 Å². The second kappa shape index (κ2) is 6.03. The van der Waals surface area contributed by atoms with Gasteiger partial charge in [-0.05, 0) is 24.3 Å². The predicted molar refractivity (Wildman–Crippen MR) is 84.8 cm³/mol. The molecule has 2 aromatic heterocycles. The average molecular weight is 316 g/mol. The van der Waals surface area contributed by atoms with Crippen molar-refractivity contribution in [2.24, 2.45) is 0 Å². The van der Waals surface area contributed by atoms with E-state index >= 15 is 0 Å². The summed E-state index contributed by atoms with van der Waals surface area (Å²) in [6.07, 6.45) is 3.29. The zero-order valence-corrected chi connectivity index (χ0v) is 12.4. The molecular formula is C15H10ClN3OS. The fourth-order valence-electron chi connectivity index (χ4n) is 1.85. The number of nitrogens with one attached hydrogen (secondary N) is 1. The van der Waals surface area contributed by atoms with Crippen molar-refractivity contribution in [3.05, 3.63) is 64.9 Å². The number of benzene rings is 1. The second-order valence-corrected chi connectivity index (χ2v) is 5.47. The third kappa shape index (κ3) is 3.09. The van der Waals surface area contributed by atoms with Crippen molar-refractivity contribution in [3.63, 3.8) is 0 Å². The Kier molecular flexibility index (Phi) is 3.94. The smallest absolute Gasteiger partial charge is 0.258 e. The fourth-order valence-corrected chi connectivity index (χ4v) is 2.69. The predicted octanol–water partition coefficient (Wildman–Crippen LogP) is 4.11. The molecule has 0 aliphatic carbocycles. The van der Waals surface area contributed by atoms with Gasteiger partial charge in [0.1, 0.15) is 10.2 Å². The Bertz CT molecular complexity index is 774. The van der Waals surface area contributed by atoms with Gasteiger partial charge in [-0.15, -0.1) is 11.3 Å². The number of thiazole rings is 1. The molecule has 0 aliphatic rings. The van der Waals surface area contributed by atoms with Crippen molar-refractivity contribution in [2.75, 3.05) is 5.32 Å². The van der Waals surface area contributed by atoms with Crippen LogP contribution >= 0.6 is 22.9 Å². The summed E-state index contributed by atoms with van der Waals surface area (Å²) in [5.74, 6) is -0.288. The Labute approximate surface area is 130 Å². The van der Waals surface area contributed by atoms with Crippen LogP contribution in [0, 0.1) is 0 Å². The van der Waals surface area contributed by atoms with Crippen LogP contribution in [-0.4, -0.2) is 15.9 Å². The van der Waals surface area contributed by atoms with Crippen molar-refractivity contribution in [3.8, 4) is 10.6 Å². The molecule has 0 spiro atoms. The Morgan fingerprint density at radius 1 is 1.14 bits per heavy atom. The van der Waals surface area contributed by atoms with E-state index < -0.39 is 0 Å². The standard InChI is InChI=1S/C15H10ClN3OS/c16-13-12(5-2-6-17-13)14(20)19-11-4-1-3-10(9-11)15-18-7-8-21-15/h1-9H,(H,19,20). The molecule has 1 aromatic carbocycles. The third-order valence-electron chi connectivity index (χ3n) is 2.80. The highest BCUT2D eigenvalue weighted by molar-refractivity contribution is 7.13. The van der Waals surface area contributed by atoms with Gasteiger partial charge in [0.05, 0.1) is 5.56 Å². The average Bonchev–Trinajstić information content (AvgIpc) is 3.02. The van der Waals surface area contributed by atoms with E-state index in [4.69, 9.17) is 11.6 Å². The van der Waals surface area contributed by atoms with E-state index in [2.05, 4.69) is 15.3 Å². The minimum absolute atomic E-state index is 0.186. The molecule has 3 aromatic rings. The summed E-state index contributed by atoms with van der Waals surface area (Å²) in [6.45, 7) is 0. The summed E-state index contributed by atoms with van der Waals surface area (Å²) < 4.78 is 0. The van der Waals surface area contributed by atoms with Gasteiger partial charge >= 0.3 is 0 Å². The molecule has 2 heterocycles. The van der Waals surface area contributed by atoms with Crippen molar-refractivity contribution < 1.29 is 4.79 Å². The SMILES string of the molecule is O=C(Nc1cccc(-c2nccs2)c1)c1cccnc1Cl.